The summed E-state index contributed by atoms with van der Waals surface area (Å²) in [5.74, 6) is 0. The summed E-state index contributed by atoms with van der Waals surface area (Å²) >= 11 is 6.00. The van der Waals surface area contributed by atoms with E-state index in [0.717, 1.165) is 16.6 Å². The fraction of sp³-hybridized carbons (Fsp3) is 0.273. The molecule has 0 atom stereocenters. The van der Waals surface area contributed by atoms with Gasteiger partial charge >= 0.3 is 0 Å². The van der Waals surface area contributed by atoms with Crippen molar-refractivity contribution in [2.24, 2.45) is 0 Å². The zero-order valence-electron chi connectivity index (χ0n) is 9.49. The summed E-state index contributed by atoms with van der Waals surface area (Å²) in [6.07, 6.45) is 1.66. The zero-order valence-corrected chi connectivity index (χ0v) is 11.2. The van der Waals surface area contributed by atoms with Crippen LogP contribution in [0.4, 0.5) is 0 Å². The van der Waals surface area contributed by atoms with Gasteiger partial charge < -0.3 is 4.52 Å². The van der Waals surface area contributed by atoms with Crippen molar-refractivity contribution in [1.29, 1.82) is 0 Å². The van der Waals surface area contributed by atoms with Crippen molar-refractivity contribution in [3.63, 3.8) is 0 Å². The highest BCUT2D eigenvalue weighted by Crippen LogP contribution is 2.23. The van der Waals surface area contributed by atoms with Crippen LogP contribution in [0.1, 0.15) is 0 Å². The number of pyridine rings is 1. The number of nitrogens with zero attached hydrogens (tertiary/aromatic N) is 2. The lowest BCUT2D eigenvalue weighted by Crippen LogP contribution is -2.36. The summed E-state index contributed by atoms with van der Waals surface area (Å²) in [7, 11) is -1.46. The zero-order chi connectivity index (χ0) is 11.8. The molecule has 0 saturated carbocycles. The van der Waals surface area contributed by atoms with Crippen LogP contribution in [0.15, 0.2) is 28.9 Å². The molecule has 0 aliphatic rings. The Morgan fingerprint density at radius 2 is 2.06 bits per heavy atom. The minimum Gasteiger partial charge on any atom is -0.366 e. The highest BCUT2D eigenvalue weighted by atomic mass is 35.5. The van der Waals surface area contributed by atoms with Gasteiger partial charge in [-0.25, -0.2) is 4.98 Å². The quantitative estimate of drug-likeness (QED) is 0.609. The third kappa shape index (κ3) is 2.17. The third-order valence-electron chi connectivity index (χ3n) is 2.28. The second-order valence-electron chi connectivity index (χ2n) is 4.67. The topological polar surface area (TPSA) is 38.9 Å². The first-order valence-corrected chi connectivity index (χ1v) is 8.94. The van der Waals surface area contributed by atoms with Gasteiger partial charge in [0.1, 0.15) is 24.3 Å². The van der Waals surface area contributed by atoms with Gasteiger partial charge in [0.05, 0.1) is 0 Å². The van der Waals surface area contributed by atoms with Gasteiger partial charge in [-0.2, -0.15) is 0 Å². The van der Waals surface area contributed by atoms with Gasteiger partial charge in [0.15, 0.2) is 0 Å². The van der Waals surface area contributed by atoms with E-state index >= 15 is 0 Å². The van der Waals surface area contributed by atoms with Crippen molar-refractivity contribution in [1.82, 2.24) is 10.1 Å². The Hall–Kier alpha value is -1.13. The first kappa shape index (κ1) is 11.4. The first-order chi connectivity index (χ1) is 7.48. The standard InChI is InChI=1S/C11H13ClN2OSi/c1-16(2,3)10-7-9(14-15-10)8-5-4-6-13-11(8)12/h4-7H,1-3H3. The molecule has 2 heterocycles. The van der Waals surface area contributed by atoms with E-state index in [0.29, 0.717) is 5.15 Å². The maximum absolute atomic E-state index is 6.00. The second kappa shape index (κ2) is 4.03. The number of halogens is 1. The number of aromatic nitrogens is 2. The Morgan fingerprint density at radius 3 is 2.62 bits per heavy atom. The molecule has 0 fully saturated rings. The van der Waals surface area contributed by atoms with Crippen molar-refractivity contribution in [3.8, 4) is 11.3 Å². The Balaban J connectivity index is 2.44. The molecule has 0 amide bonds. The van der Waals surface area contributed by atoms with Crippen molar-refractivity contribution in [3.05, 3.63) is 29.5 Å². The minimum atomic E-state index is -1.46. The van der Waals surface area contributed by atoms with Crippen LogP contribution in [-0.2, 0) is 0 Å². The summed E-state index contributed by atoms with van der Waals surface area (Å²) in [5, 5.41) is 5.48. The molecule has 16 heavy (non-hydrogen) atoms. The van der Waals surface area contributed by atoms with Crippen molar-refractivity contribution >= 4 is 25.1 Å². The molecule has 3 nitrogen and oxygen atoms in total. The van der Waals surface area contributed by atoms with Gasteiger partial charge in [-0.15, -0.1) is 0 Å². The molecule has 0 unspecified atom stereocenters. The van der Waals surface area contributed by atoms with E-state index in [-0.39, 0.29) is 0 Å². The number of hydrogen-bond donors (Lipinski definition) is 0. The van der Waals surface area contributed by atoms with Gasteiger partial charge in [-0.05, 0) is 12.1 Å². The predicted octanol–water partition coefficient (Wildman–Crippen LogP) is 2.94. The van der Waals surface area contributed by atoms with Gasteiger partial charge in [0.2, 0.25) is 0 Å². The van der Waals surface area contributed by atoms with Crippen LogP contribution in [-0.4, -0.2) is 18.2 Å². The van der Waals surface area contributed by atoms with E-state index in [1.807, 2.05) is 18.2 Å². The fourth-order valence-electron chi connectivity index (χ4n) is 1.33. The van der Waals surface area contributed by atoms with E-state index < -0.39 is 8.07 Å². The largest absolute Gasteiger partial charge is 0.366 e. The maximum atomic E-state index is 6.00. The van der Waals surface area contributed by atoms with Gasteiger partial charge in [-0.1, -0.05) is 36.4 Å². The van der Waals surface area contributed by atoms with E-state index in [1.165, 1.54) is 0 Å². The average molecular weight is 253 g/mol. The van der Waals surface area contributed by atoms with Gasteiger partial charge in [0.25, 0.3) is 0 Å². The molecular formula is C11H13ClN2OSi. The summed E-state index contributed by atoms with van der Waals surface area (Å²) in [4.78, 5) is 4.02. The lowest BCUT2D eigenvalue weighted by Gasteiger charge is -2.08. The molecule has 0 N–H and O–H groups in total. The molecule has 2 rings (SSSR count). The van der Waals surface area contributed by atoms with Gasteiger partial charge in [-0.3, -0.25) is 0 Å². The first-order valence-electron chi connectivity index (χ1n) is 5.06. The average Bonchev–Trinajstić information content (AvgIpc) is 2.66. The third-order valence-corrected chi connectivity index (χ3v) is 4.30. The van der Waals surface area contributed by atoms with Crippen LogP contribution < -0.4 is 5.38 Å². The number of rotatable bonds is 2. The molecule has 2 aromatic rings. The Labute approximate surface area is 100 Å². The monoisotopic (exact) mass is 252 g/mol. The van der Waals surface area contributed by atoms with E-state index in [1.54, 1.807) is 6.20 Å². The molecule has 0 spiro atoms. The molecule has 0 aromatic carbocycles. The molecule has 84 valence electrons. The lowest BCUT2D eigenvalue weighted by atomic mass is 10.2. The van der Waals surface area contributed by atoms with Crippen LogP contribution in [0, 0.1) is 0 Å². The molecule has 0 radical (unpaired) electrons. The van der Waals surface area contributed by atoms with Crippen LogP contribution in [0.3, 0.4) is 0 Å². The van der Waals surface area contributed by atoms with Crippen LogP contribution in [0.25, 0.3) is 11.3 Å². The van der Waals surface area contributed by atoms with E-state index in [9.17, 15) is 0 Å². The van der Waals surface area contributed by atoms with Crippen molar-refractivity contribution < 1.29 is 4.52 Å². The Bertz CT molecular complexity index is 505. The minimum absolute atomic E-state index is 0.456. The Morgan fingerprint density at radius 1 is 1.31 bits per heavy atom. The lowest BCUT2D eigenvalue weighted by molar-refractivity contribution is 0.446. The van der Waals surface area contributed by atoms with Crippen molar-refractivity contribution in [2.45, 2.75) is 19.6 Å². The predicted molar refractivity (Wildman–Crippen MR) is 67.7 cm³/mol. The maximum Gasteiger partial charge on any atom is 0.138 e. The summed E-state index contributed by atoms with van der Waals surface area (Å²) in [6.45, 7) is 6.63. The Kier molecular flexibility index (Phi) is 2.86. The molecule has 0 aliphatic carbocycles. The fourth-order valence-corrected chi connectivity index (χ4v) is 2.44. The van der Waals surface area contributed by atoms with Crippen LogP contribution in [0.5, 0.6) is 0 Å². The second-order valence-corrected chi connectivity index (χ2v) is 10.0. The molecule has 0 bridgehead atoms. The molecule has 0 aliphatic heterocycles. The molecule has 0 saturated heterocycles. The van der Waals surface area contributed by atoms with E-state index in [4.69, 9.17) is 16.1 Å². The molecule has 5 heteroatoms. The van der Waals surface area contributed by atoms with Crippen molar-refractivity contribution in [2.75, 3.05) is 0 Å². The summed E-state index contributed by atoms with van der Waals surface area (Å²) in [6, 6.07) is 5.69. The highest BCUT2D eigenvalue weighted by Gasteiger charge is 2.23. The highest BCUT2D eigenvalue weighted by molar-refractivity contribution is 6.87. The normalized spacial score (nSPS) is 11.8. The molecule has 2 aromatic heterocycles. The summed E-state index contributed by atoms with van der Waals surface area (Å²) < 4.78 is 5.36. The van der Waals surface area contributed by atoms with Crippen LogP contribution in [0.2, 0.25) is 24.8 Å². The molecular weight excluding hydrogens is 240 g/mol. The SMILES string of the molecule is C[Si](C)(C)c1cc(-c2cccnc2Cl)no1. The van der Waals surface area contributed by atoms with Crippen LogP contribution >= 0.6 is 11.6 Å². The smallest absolute Gasteiger partial charge is 0.138 e. The van der Waals surface area contributed by atoms with E-state index in [2.05, 4.69) is 29.8 Å². The summed E-state index contributed by atoms with van der Waals surface area (Å²) in [5.41, 5.74) is 1.58. The van der Waals surface area contributed by atoms with Gasteiger partial charge in [0, 0.05) is 17.8 Å². The number of hydrogen-bond acceptors (Lipinski definition) is 3.